The molecule has 1 heterocycles. The van der Waals surface area contributed by atoms with Crippen molar-refractivity contribution in [3.8, 4) is 11.6 Å². The van der Waals surface area contributed by atoms with E-state index in [9.17, 15) is 0 Å². The molecule has 18 heavy (non-hydrogen) atoms. The van der Waals surface area contributed by atoms with E-state index in [1.807, 2.05) is 19.9 Å². The smallest absolute Gasteiger partial charge is 0.237 e. The van der Waals surface area contributed by atoms with E-state index < -0.39 is 0 Å². The fourth-order valence-corrected chi connectivity index (χ4v) is 1.69. The second-order valence-electron chi connectivity index (χ2n) is 4.31. The zero-order valence-corrected chi connectivity index (χ0v) is 10.9. The minimum absolute atomic E-state index is 0.385. The van der Waals surface area contributed by atoms with Gasteiger partial charge in [0.2, 0.25) is 5.88 Å². The van der Waals surface area contributed by atoms with Crippen LogP contribution in [-0.4, -0.2) is 9.97 Å². The number of nitrogens with two attached hydrogens (primary N) is 1. The zero-order valence-electron chi connectivity index (χ0n) is 10.9. The van der Waals surface area contributed by atoms with E-state index in [1.54, 1.807) is 12.4 Å². The number of nitrogens with zero attached hydrogens (tertiary/aromatic N) is 2. The van der Waals surface area contributed by atoms with Gasteiger partial charge in [0.25, 0.3) is 0 Å². The number of hydrogen-bond donors (Lipinski definition) is 1. The summed E-state index contributed by atoms with van der Waals surface area (Å²) < 4.78 is 5.81. The third kappa shape index (κ3) is 2.49. The maximum atomic E-state index is 5.81. The average molecular weight is 243 g/mol. The fourth-order valence-electron chi connectivity index (χ4n) is 1.69. The standard InChI is InChI=1S/C14H17N3O/c1-9-4-5-10(2)14(11(9)3)18-13-8-16-12(6-15)7-17-13/h4-5,7-8H,6,15H2,1-3H3. The van der Waals surface area contributed by atoms with Crippen LogP contribution in [0.1, 0.15) is 22.4 Å². The van der Waals surface area contributed by atoms with E-state index in [0.717, 1.165) is 22.6 Å². The predicted octanol–water partition coefficient (Wildman–Crippen LogP) is 2.65. The van der Waals surface area contributed by atoms with Gasteiger partial charge < -0.3 is 10.5 Å². The molecule has 0 aliphatic heterocycles. The van der Waals surface area contributed by atoms with Gasteiger partial charge in [0.15, 0.2) is 0 Å². The van der Waals surface area contributed by atoms with Gasteiger partial charge >= 0.3 is 0 Å². The molecule has 2 rings (SSSR count). The molecule has 0 spiro atoms. The molecule has 0 saturated heterocycles. The Morgan fingerprint density at radius 1 is 1.06 bits per heavy atom. The zero-order chi connectivity index (χ0) is 13.1. The highest BCUT2D eigenvalue weighted by Crippen LogP contribution is 2.29. The van der Waals surface area contributed by atoms with Gasteiger partial charge in [0.05, 0.1) is 18.1 Å². The molecule has 0 unspecified atom stereocenters. The predicted molar refractivity (Wildman–Crippen MR) is 70.7 cm³/mol. The highest BCUT2D eigenvalue weighted by molar-refractivity contribution is 5.45. The summed E-state index contributed by atoms with van der Waals surface area (Å²) in [6.07, 6.45) is 3.24. The van der Waals surface area contributed by atoms with Crippen LogP contribution in [0.4, 0.5) is 0 Å². The Balaban J connectivity index is 2.30. The second kappa shape index (κ2) is 5.14. The summed E-state index contributed by atoms with van der Waals surface area (Å²) in [6.45, 7) is 6.50. The summed E-state index contributed by atoms with van der Waals surface area (Å²) in [6, 6.07) is 4.13. The van der Waals surface area contributed by atoms with Crippen LogP contribution < -0.4 is 10.5 Å². The van der Waals surface area contributed by atoms with E-state index in [1.165, 1.54) is 5.56 Å². The van der Waals surface area contributed by atoms with Gasteiger partial charge in [-0.3, -0.25) is 4.98 Å². The number of ether oxygens (including phenoxy) is 1. The molecule has 2 aromatic rings. The Bertz CT molecular complexity index is 550. The molecule has 0 bridgehead atoms. The van der Waals surface area contributed by atoms with Crippen molar-refractivity contribution in [3.63, 3.8) is 0 Å². The molecular weight excluding hydrogens is 226 g/mol. The Labute approximate surface area is 107 Å². The molecule has 0 aliphatic carbocycles. The largest absolute Gasteiger partial charge is 0.437 e. The Morgan fingerprint density at radius 3 is 2.39 bits per heavy atom. The molecule has 94 valence electrons. The fraction of sp³-hybridized carbons (Fsp3) is 0.286. The number of benzene rings is 1. The monoisotopic (exact) mass is 243 g/mol. The van der Waals surface area contributed by atoms with Gasteiger partial charge in [-0.1, -0.05) is 12.1 Å². The molecule has 0 atom stereocenters. The van der Waals surface area contributed by atoms with Crippen molar-refractivity contribution < 1.29 is 4.74 Å². The van der Waals surface area contributed by atoms with Crippen molar-refractivity contribution in [2.24, 2.45) is 5.73 Å². The molecule has 2 N–H and O–H groups in total. The van der Waals surface area contributed by atoms with E-state index in [0.29, 0.717) is 12.4 Å². The summed E-state index contributed by atoms with van der Waals surface area (Å²) >= 11 is 0. The maximum Gasteiger partial charge on any atom is 0.237 e. The van der Waals surface area contributed by atoms with E-state index in [2.05, 4.69) is 23.0 Å². The normalized spacial score (nSPS) is 10.4. The van der Waals surface area contributed by atoms with Crippen LogP contribution in [0.15, 0.2) is 24.5 Å². The summed E-state index contributed by atoms with van der Waals surface area (Å²) in [5.41, 5.74) is 9.63. The molecule has 0 fully saturated rings. The lowest BCUT2D eigenvalue weighted by Gasteiger charge is -2.12. The summed E-state index contributed by atoms with van der Waals surface area (Å²) in [7, 11) is 0. The van der Waals surface area contributed by atoms with Crippen molar-refractivity contribution in [2.45, 2.75) is 27.3 Å². The Hall–Kier alpha value is -1.94. The first-order chi connectivity index (χ1) is 8.61. The topological polar surface area (TPSA) is 61.0 Å². The third-order valence-corrected chi connectivity index (χ3v) is 2.97. The minimum Gasteiger partial charge on any atom is -0.437 e. The summed E-state index contributed by atoms with van der Waals surface area (Å²) in [4.78, 5) is 8.35. The number of aromatic nitrogens is 2. The quantitative estimate of drug-likeness (QED) is 0.900. The van der Waals surface area contributed by atoms with Crippen LogP contribution >= 0.6 is 0 Å². The van der Waals surface area contributed by atoms with Crippen molar-refractivity contribution >= 4 is 0 Å². The number of hydrogen-bond acceptors (Lipinski definition) is 4. The highest BCUT2D eigenvalue weighted by Gasteiger charge is 2.08. The van der Waals surface area contributed by atoms with Crippen LogP contribution in [-0.2, 0) is 6.54 Å². The van der Waals surface area contributed by atoms with E-state index >= 15 is 0 Å². The third-order valence-electron chi connectivity index (χ3n) is 2.97. The molecule has 0 saturated carbocycles. The van der Waals surface area contributed by atoms with E-state index in [-0.39, 0.29) is 0 Å². The molecule has 4 nitrogen and oxygen atoms in total. The van der Waals surface area contributed by atoms with Crippen molar-refractivity contribution in [3.05, 3.63) is 46.9 Å². The van der Waals surface area contributed by atoms with Crippen LogP contribution in [0, 0.1) is 20.8 Å². The molecule has 0 radical (unpaired) electrons. The van der Waals surface area contributed by atoms with Gasteiger partial charge in [-0.25, -0.2) is 4.98 Å². The van der Waals surface area contributed by atoms with Gasteiger partial charge in [-0.05, 0) is 37.5 Å². The van der Waals surface area contributed by atoms with Crippen LogP contribution in [0.25, 0.3) is 0 Å². The van der Waals surface area contributed by atoms with Crippen molar-refractivity contribution in [1.29, 1.82) is 0 Å². The Kier molecular flexibility index (Phi) is 3.58. The molecular formula is C14H17N3O. The van der Waals surface area contributed by atoms with Crippen LogP contribution in [0.3, 0.4) is 0 Å². The lowest BCUT2D eigenvalue weighted by molar-refractivity contribution is 0.452. The highest BCUT2D eigenvalue weighted by atomic mass is 16.5. The van der Waals surface area contributed by atoms with Crippen LogP contribution in [0.5, 0.6) is 11.6 Å². The van der Waals surface area contributed by atoms with E-state index in [4.69, 9.17) is 10.5 Å². The second-order valence-corrected chi connectivity index (χ2v) is 4.31. The first-order valence-corrected chi connectivity index (χ1v) is 5.87. The first-order valence-electron chi connectivity index (χ1n) is 5.87. The SMILES string of the molecule is Cc1ccc(C)c(Oc2cnc(CN)cn2)c1C. The number of aryl methyl sites for hydroxylation is 2. The number of rotatable bonds is 3. The van der Waals surface area contributed by atoms with Crippen molar-refractivity contribution in [1.82, 2.24) is 9.97 Å². The van der Waals surface area contributed by atoms with Crippen LogP contribution in [0.2, 0.25) is 0 Å². The molecule has 0 aliphatic rings. The maximum absolute atomic E-state index is 5.81. The molecule has 0 amide bonds. The lowest BCUT2D eigenvalue weighted by Crippen LogP contribution is -2.01. The minimum atomic E-state index is 0.385. The van der Waals surface area contributed by atoms with Gasteiger partial charge in [0.1, 0.15) is 5.75 Å². The van der Waals surface area contributed by atoms with Crippen molar-refractivity contribution in [2.75, 3.05) is 0 Å². The Morgan fingerprint density at radius 2 is 1.78 bits per heavy atom. The van der Waals surface area contributed by atoms with Gasteiger partial charge in [-0.2, -0.15) is 0 Å². The molecule has 1 aromatic heterocycles. The summed E-state index contributed by atoms with van der Waals surface area (Å²) in [5, 5.41) is 0. The molecule has 4 heteroatoms. The lowest BCUT2D eigenvalue weighted by atomic mass is 10.1. The summed E-state index contributed by atoms with van der Waals surface area (Å²) in [5.74, 6) is 1.34. The molecule has 1 aromatic carbocycles. The first kappa shape index (κ1) is 12.5. The van der Waals surface area contributed by atoms with Gasteiger partial charge in [-0.15, -0.1) is 0 Å². The average Bonchev–Trinajstić information content (AvgIpc) is 2.40. The van der Waals surface area contributed by atoms with Gasteiger partial charge in [0, 0.05) is 6.54 Å².